The molecule has 0 aliphatic carbocycles. The van der Waals surface area contributed by atoms with Crippen molar-refractivity contribution < 1.29 is 13.2 Å². The van der Waals surface area contributed by atoms with Crippen LogP contribution >= 0.6 is 0 Å². The fourth-order valence-corrected chi connectivity index (χ4v) is 3.02. The summed E-state index contributed by atoms with van der Waals surface area (Å²) in [6, 6.07) is 6.51. The van der Waals surface area contributed by atoms with E-state index in [1.807, 2.05) is 0 Å². The van der Waals surface area contributed by atoms with Crippen molar-refractivity contribution in [2.24, 2.45) is 5.73 Å². The van der Waals surface area contributed by atoms with Gasteiger partial charge in [0.2, 0.25) is 10.0 Å². The Hall–Kier alpha value is -0.950. The van der Waals surface area contributed by atoms with E-state index in [1.54, 1.807) is 38.1 Å². The van der Waals surface area contributed by atoms with Crippen LogP contribution in [0.5, 0.6) is 0 Å². The van der Waals surface area contributed by atoms with Gasteiger partial charge in [-0.15, -0.1) is 0 Å². The lowest BCUT2D eigenvalue weighted by Crippen LogP contribution is -2.46. The van der Waals surface area contributed by atoms with E-state index in [0.717, 1.165) is 5.56 Å². The Kier molecular flexibility index (Phi) is 4.86. The lowest BCUT2D eigenvalue weighted by Gasteiger charge is -2.24. The number of hydrogen-bond acceptors (Lipinski definition) is 4. The summed E-state index contributed by atoms with van der Waals surface area (Å²) in [5.74, 6) is 0. The maximum Gasteiger partial charge on any atom is 0.241 e. The van der Waals surface area contributed by atoms with Crippen LogP contribution in [0.25, 0.3) is 0 Å². The van der Waals surface area contributed by atoms with Crippen LogP contribution in [0.3, 0.4) is 0 Å². The fraction of sp³-hybridized carbons (Fsp3) is 0.500. The number of benzene rings is 1. The average Bonchev–Trinajstić information content (AvgIpc) is 2.27. The Morgan fingerprint density at radius 2 is 1.83 bits per heavy atom. The Morgan fingerprint density at radius 3 is 2.28 bits per heavy atom. The third-order valence-corrected chi connectivity index (χ3v) is 4.10. The summed E-state index contributed by atoms with van der Waals surface area (Å²) in [6.07, 6.45) is 0. The zero-order valence-electron chi connectivity index (χ0n) is 10.9. The fourth-order valence-electron chi connectivity index (χ4n) is 1.62. The van der Waals surface area contributed by atoms with Gasteiger partial charge < -0.3 is 10.5 Å². The van der Waals surface area contributed by atoms with Crippen LogP contribution in [-0.4, -0.2) is 27.7 Å². The zero-order chi connectivity index (χ0) is 13.8. The first-order chi connectivity index (χ1) is 8.30. The number of methoxy groups -OCH3 is 1. The first-order valence-corrected chi connectivity index (χ1v) is 7.11. The van der Waals surface area contributed by atoms with E-state index >= 15 is 0 Å². The third kappa shape index (κ3) is 4.06. The predicted molar refractivity (Wildman–Crippen MR) is 70.6 cm³/mol. The molecule has 5 nitrogen and oxygen atoms in total. The topological polar surface area (TPSA) is 81.4 Å². The molecule has 102 valence electrons. The van der Waals surface area contributed by atoms with E-state index < -0.39 is 15.6 Å². The molecular formula is C12H20N2O3S. The van der Waals surface area contributed by atoms with E-state index in [-0.39, 0.29) is 4.90 Å². The van der Waals surface area contributed by atoms with Gasteiger partial charge in [0.15, 0.2) is 0 Å². The van der Waals surface area contributed by atoms with E-state index in [9.17, 15) is 8.42 Å². The lowest BCUT2D eigenvalue weighted by atomic mass is 10.1. The molecule has 0 bridgehead atoms. The van der Waals surface area contributed by atoms with Crippen molar-refractivity contribution in [3.8, 4) is 0 Å². The monoisotopic (exact) mass is 272 g/mol. The molecule has 3 N–H and O–H groups in total. The molecule has 1 aromatic carbocycles. The van der Waals surface area contributed by atoms with Crippen LogP contribution in [0.1, 0.15) is 19.4 Å². The lowest BCUT2D eigenvalue weighted by molar-refractivity contribution is 0.141. The number of hydrogen-bond donors (Lipinski definition) is 2. The van der Waals surface area contributed by atoms with Crippen molar-refractivity contribution >= 4 is 10.0 Å². The summed E-state index contributed by atoms with van der Waals surface area (Å²) in [5, 5.41) is 0. The minimum Gasteiger partial charge on any atom is -0.383 e. The summed E-state index contributed by atoms with van der Waals surface area (Å²) >= 11 is 0. The summed E-state index contributed by atoms with van der Waals surface area (Å²) in [4.78, 5) is 0.226. The molecule has 0 fully saturated rings. The van der Waals surface area contributed by atoms with Gasteiger partial charge in [-0.2, -0.15) is 0 Å². The molecule has 0 aromatic heterocycles. The smallest absolute Gasteiger partial charge is 0.241 e. The summed E-state index contributed by atoms with van der Waals surface area (Å²) in [5.41, 5.74) is 5.71. The standard InChI is InChI=1S/C12H20N2O3S/c1-12(2,9-17-3)14-18(15,16)11-6-4-10(8-13)5-7-11/h4-7,14H,8-9,13H2,1-3H3. The molecule has 1 rings (SSSR count). The van der Waals surface area contributed by atoms with Crippen LogP contribution in [0.2, 0.25) is 0 Å². The molecule has 0 spiro atoms. The maximum atomic E-state index is 12.1. The van der Waals surface area contributed by atoms with Gasteiger partial charge in [-0.3, -0.25) is 0 Å². The molecule has 6 heteroatoms. The first kappa shape index (κ1) is 15.1. The molecule has 1 aromatic rings. The van der Waals surface area contributed by atoms with Gasteiger partial charge in [0, 0.05) is 13.7 Å². The van der Waals surface area contributed by atoms with Crippen LogP contribution in [-0.2, 0) is 21.3 Å². The van der Waals surface area contributed by atoms with Crippen molar-refractivity contribution in [1.29, 1.82) is 0 Å². The van der Waals surface area contributed by atoms with E-state index in [2.05, 4.69) is 4.72 Å². The summed E-state index contributed by atoms with van der Waals surface area (Å²) in [7, 11) is -2.00. The van der Waals surface area contributed by atoms with Crippen LogP contribution in [0, 0.1) is 0 Å². The van der Waals surface area contributed by atoms with Crippen molar-refractivity contribution in [3.05, 3.63) is 29.8 Å². The summed E-state index contributed by atoms with van der Waals surface area (Å²) < 4.78 is 31.8. The third-order valence-electron chi connectivity index (χ3n) is 2.39. The molecular weight excluding hydrogens is 252 g/mol. The predicted octanol–water partition coefficient (Wildman–Crippen LogP) is 0.849. The Labute approximate surface area is 108 Å². The summed E-state index contributed by atoms with van der Waals surface area (Å²) in [6.45, 7) is 4.22. The van der Waals surface area contributed by atoms with Crippen LogP contribution in [0.4, 0.5) is 0 Å². The molecule has 0 atom stereocenters. The second kappa shape index (κ2) is 5.79. The van der Waals surface area contributed by atoms with Gasteiger partial charge in [-0.1, -0.05) is 12.1 Å². The zero-order valence-corrected chi connectivity index (χ0v) is 11.8. The highest BCUT2D eigenvalue weighted by atomic mass is 32.2. The van der Waals surface area contributed by atoms with E-state index in [0.29, 0.717) is 13.2 Å². The highest BCUT2D eigenvalue weighted by Crippen LogP contribution is 2.14. The Morgan fingerprint density at radius 1 is 1.28 bits per heavy atom. The van der Waals surface area contributed by atoms with Gasteiger partial charge >= 0.3 is 0 Å². The average molecular weight is 272 g/mol. The van der Waals surface area contributed by atoms with Gasteiger partial charge in [0.1, 0.15) is 0 Å². The molecule has 0 unspecified atom stereocenters. The minimum absolute atomic E-state index is 0.226. The van der Waals surface area contributed by atoms with E-state index in [4.69, 9.17) is 10.5 Å². The molecule has 0 aliphatic rings. The van der Waals surface area contributed by atoms with Gasteiger partial charge in [-0.25, -0.2) is 13.1 Å². The van der Waals surface area contributed by atoms with E-state index in [1.165, 1.54) is 7.11 Å². The minimum atomic E-state index is -3.54. The Bertz CT molecular complexity index is 481. The quantitative estimate of drug-likeness (QED) is 0.804. The van der Waals surface area contributed by atoms with Crippen molar-refractivity contribution in [2.45, 2.75) is 30.8 Å². The molecule has 0 saturated carbocycles. The molecule has 0 radical (unpaired) electrons. The number of nitrogens with one attached hydrogen (secondary N) is 1. The van der Waals surface area contributed by atoms with Crippen LogP contribution < -0.4 is 10.5 Å². The molecule has 0 saturated heterocycles. The Balaban J connectivity index is 2.92. The normalized spacial score (nSPS) is 12.7. The SMILES string of the molecule is COCC(C)(C)NS(=O)(=O)c1ccc(CN)cc1. The van der Waals surface area contributed by atoms with Gasteiger partial charge in [-0.05, 0) is 31.5 Å². The number of rotatable bonds is 6. The maximum absolute atomic E-state index is 12.1. The van der Waals surface area contributed by atoms with Gasteiger partial charge in [0.05, 0.1) is 17.0 Å². The molecule has 18 heavy (non-hydrogen) atoms. The highest BCUT2D eigenvalue weighted by molar-refractivity contribution is 7.89. The molecule has 0 amide bonds. The second-order valence-corrected chi connectivity index (χ2v) is 6.45. The first-order valence-electron chi connectivity index (χ1n) is 5.63. The molecule has 0 aliphatic heterocycles. The highest BCUT2D eigenvalue weighted by Gasteiger charge is 2.25. The van der Waals surface area contributed by atoms with Crippen molar-refractivity contribution in [3.63, 3.8) is 0 Å². The second-order valence-electron chi connectivity index (χ2n) is 4.77. The van der Waals surface area contributed by atoms with Crippen molar-refractivity contribution in [1.82, 2.24) is 4.72 Å². The number of nitrogens with two attached hydrogens (primary N) is 1. The van der Waals surface area contributed by atoms with Crippen molar-refractivity contribution in [2.75, 3.05) is 13.7 Å². The largest absolute Gasteiger partial charge is 0.383 e. The van der Waals surface area contributed by atoms with Crippen LogP contribution in [0.15, 0.2) is 29.2 Å². The molecule has 0 heterocycles. The number of sulfonamides is 1. The van der Waals surface area contributed by atoms with Gasteiger partial charge in [0.25, 0.3) is 0 Å². The number of ether oxygens (including phenoxy) is 1.